The molecule has 0 radical (unpaired) electrons. The summed E-state index contributed by atoms with van der Waals surface area (Å²) >= 11 is 0. The molecule has 0 fully saturated rings. The molecule has 0 spiro atoms. The highest BCUT2D eigenvalue weighted by Gasteiger charge is 2.19. The van der Waals surface area contributed by atoms with Crippen LogP contribution in [0.25, 0.3) is 11.5 Å². The quantitative estimate of drug-likeness (QED) is 0.671. The first-order valence-electron chi connectivity index (χ1n) is 8.75. The van der Waals surface area contributed by atoms with Crippen molar-refractivity contribution in [2.45, 2.75) is 13.3 Å². The van der Waals surface area contributed by atoms with Crippen LogP contribution in [0.15, 0.2) is 46.9 Å². The summed E-state index contributed by atoms with van der Waals surface area (Å²) in [6, 6.07) is 11.4. The number of benzene rings is 2. The average Bonchev–Trinajstić information content (AvgIpc) is 3.07. The largest absolute Gasteiger partial charge is 0.496 e. The standard InChI is InChI=1S/C21H21FN2O4/c1-13-16(24-21(28-13)14-7-4-5-8-15(14)22)11-12-23-20(25)19-17(26-2)9-6-10-18(19)27-3/h4-10H,11-12H2,1-3H3,(H,23,25). The molecule has 3 aromatic rings. The Kier molecular flexibility index (Phi) is 5.93. The summed E-state index contributed by atoms with van der Waals surface area (Å²) in [6.45, 7) is 2.09. The summed E-state index contributed by atoms with van der Waals surface area (Å²) < 4.78 is 30.0. The number of nitrogens with zero attached hydrogens (tertiary/aromatic N) is 1. The first-order chi connectivity index (χ1) is 13.5. The second kappa shape index (κ2) is 8.56. The van der Waals surface area contributed by atoms with Gasteiger partial charge >= 0.3 is 0 Å². The van der Waals surface area contributed by atoms with Crippen LogP contribution in [0.2, 0.25) is 0 Å². The smallest absolute Gasteiger partial charge is 0.258 e. The van der Waals surface area contributed by atoms with E-state index in [0.29, 0.717) is 47.0 Å². The molecule has 0 aliphatic heterocycles. The Hall–Kier alpha value is -3.35. The average molecular weight is 384 g/mol. The van der Waals surface area contributed by atoms with Crippen molar-refractivity contribution in [1.82, 2.24) is 10.3 Å². The lowest BCUT2D eigenvalue weighted by Gasteiger charge is -2.12. The topological polar surface area (TPSA) is 73.6 Å². The van der Waals surface area contributed by atoms with Gasteiger partial charge in [-0.15, -0.1) is 0 Å². The normalized spacial score (nSPS) is 10.6. The summed E-state index contributed by atoms with van der Waals surface area (Å²) in [5.74, 6) is 0.954. The molecule has 7 heteroatoms. The molecular weight excluding hydrogens is 363 g/mol. The van der Waals surface area contributed by atoms with E-state index >= 15 is 0 Å². The highest BCUT2D eigenvalue weighted by atomic mass is 19.1. The van der Waals surface area contributed by atoms with Crippen molar-refractivity contribution >= 4 is 5.91 Å². The van der Waals surface area contributed by atoms with E-state index < -0.39 is 5.82 Å². The Morgan fingerprint density at radius 2 is 1.79 bits per heavy atom. The third-order valence-corrected chi connectivity index (χ3v) is 4.30. The van der Waals surface area contributed by atoms with Gasteiger partial charge in [0.25, 0.3) is 5.91 Å². The van der Waals surface area contributed by atoms with E-state index in [2.05, 4.69) is 10.3 Å². The van der Waals surface area contributed by atoms with E-state index in [-0.39, 0.29) is 11.8 Å². The molecule has 0 atom stereocenters. The number of aryl methyl sites for hydroxylation is 1. The Balaban J connectivity index is 1.70. The van der Waals surface area contributed by atoms with Crippen LogP contribution >= 0.6 is 0 Å². The molecule has 0 unspecified atom stereocenters. The molecule has 1 amide bonds. The van der Waals surface area contributed by atoms with Gasteiger partial charge in [0.05, 0.1) is 25.5 Å². The van der Waals surface area contributed by atoms with Crippen molar-refractivity contribution < 1.29 is 23.1 Å². The van der Waals surface area contributed by atoms with Gasteiger partial charge in [-0.1, -0.05) is 18.2 Å². The number of hydrogen-bond acceptors (Lipinski definition) is 5. The van der Waals surface area contributed by atoms with Crippen molar-refractivity contribution in [3.63, 3.8) is 0 Å². The molecule has 1 N–H and O–H groups in total. The van der Waals surface area contributed by atoms with Crippen molar-refractivity contribution in [3.8, 4) is 23.0 Å². The van der Waals surface area contributed by atoms with Gasteiger partial charge in [0.15, 0.2) is 0 Å². The minimum atomic E-state index is -0.396. The molecule has 2 aromatic carbocycles. The fraction of sp³-hybridized carbons (Fsp3) is 0.238. The maximum atomic E-state index is 13.9. The Morgan fingerprint density at radius 1 is 1.11 bits per heavy atom. The first kappa shape index (κ1) is 19.4. The number of oxazole rings is 1. The van der Waals surface area contributed by atoms with Crippen LogP contribution in [-0.2, 0) is 6.42 Å². The first-order valence-corrected chi connectivity index (χ1v) is 8.75. The lowest BCUT2D eigenvalue weighted by Crippen LogP contribution is -2.26. The van der Waals surface area contributed by atoms with E-state index in [9.17, 15) is 9.18 Å². The summed E-state index contributed by atoms with van der Waals surface area (Å²) in [7, 11) is 2.99. The Bertz CT molecular complexity index is 962. The van der Waals surface area contributed by atoms with E-state index in [1.54, 1.807) is 43.3 Å². The zero-order chi connectivity index (χ0) is 20.1. The fourth-order valence-corrected chi connectivity index (χ4v) is 2.87. The molecule has 0 saturated carbocycles. The van der Waals surface area contributed by atoms with E-state index in [4.69, 9.17) is 13.9 Å². The van der Waals surface area contributed by atoms with Gasteiger partial charge < -0.3 is 19.2 Å². The number of nitrogens with one attached hydrogen (secondary N) is 1. The minimum absolute atomic E-state index is 0.225. The van der Waals surface area contributed by atoms with E-state index in [1.807, 2.05) is 0 Å². The molecule has 1 aromatic heterocycles. The maximum absolute atomic E-state index is 13.9. The van der Waals surface area contributed by atoms with Crippen molar-refractivity contribution in [2.75, 3.05) is 20.8 Å². The molecule has 1 heterocycles. The van der Waals surface area contributed by atoms with Crippen molar-refractivity contribution in [1.29, 1.82) is 0 Å². The Morgan fingerprint density at radius 3 is 2.43 bits per heavy atom. The molecule has 0 aliphatic carbocycles. The third-order valence-electron chi connectivity index (χ3n) is 4.30. The predicted molar refractivity (Wildman–Crippen MR) is 102 cm³/mol. The van der Waals surface area contributed by atoms with Crippen LogP contribution in [0.1, 0.15) is 21.8 Å². The number of aromatic nitrogens is 1. The second-order valence-electron chi connectivity index (χ2n) is 6.05. The number of carbonyl (C=O) groups is 1. The van der Waals surface area contributed by atoms with Gasteiger partial charge in [-0.2, -0.15) is 0 Å². The van der Waals surface area contributed by atoms with Crippen molar-refractivity contribution in [2.24, 2.45) is 0 Å². The summed E-state index contributed by atoms with van der Waals surface area (Å²) in [5, 5.41) is 2.83. The summed E-state index contributed by atoms with van der Waals surface area (Å²) in [6.07, 6.45) is 0.437. The molecule has 0 saturated heterocycles. The maximum Gasteiger partial charge on any atom is 0.258 e. The molecule has 6 nitrogen and oxygen atoms in total. The number of ether oxygens (including phenoxy) is 2. The molecule has 0 bridgehead atoms. The van der Waals surface area contributed by atoms with Gasteiger partial charge in [0.2, 0.25) is 5.89 Å². The number of rotatable bonds is 7. The van der Waals surface area contributed by atoms with Gasteiger partial charge in [-0.05, 0) is 31.2 Å². The minimum Gasteiger partial charge on any atom is -0.496 e. The van der Waals surface area contributed by atoms with Crippen LogP contribution in [-0.4, -0.2) is 31.7 Å². The highest BCUT2D eigenvalue weighted by molar-refractivity contribution is 5.99. The number of halogens is 1. The highest BCUT2D eigenvalue weighted by Crippen LogP contribution is 2.28. The predicted octanol–water partition coefficient (Wildman–Crippen LogP) is 3.78. The van der Waals surface area contributed by atoms with Crippen LogP contribution in [0.4, 0.5) is 4.39 Å². The molecule has 146 valence electrons. The van der Waals surface area contributed by atoms with Gasteiger partial charge in [-0.3, -0.25) is 4.79 Å². The lowest BCUT2D eigenvalue weighted by atomic mass is 10.1. The molecule has 28 heavy (non-hydrogen) atoms. The molecule has 3 rings (SSSR count). The van der Waals surface area contributed by atoms with Crippen LogP contribution in [0.5, 0.6) is 11.5 Å². The van der Waals surface area contributed by atoms with E-state index in [1.165, 1.54) is 20.3 Å². The third kappa shape index (κ3) is 3.98. The summed E-state index contributed by atoms with van der Waals surface area (Å²) in [4.78, 5) is 17.0. The lowest BCUT2D eigenvalue weighted by molar-refractivity contribution is 0.0947. The number of hydrogen-bond donors (Lipinski definition) is 1. The van der Waals surface area contributed by atoms with Gasteiger partial charge in [0.1, 0.15) is 28.6 Å². The number of carbonyl (C=O) groups excluding carboxylic acids is 1. The van der Waals surface area contributed by atoms with Gasteiger partial charge in [0, 0.05) is 13.0 Å². The van der Waals surface area contributed by atoms with Crippen LogP contribution in [0.3, 0.4) is 0 Å². The van der Waals surface area contributed by atoms with Crippen LogP contribution < -0.4 is 14.8 Å². The SMILES string of the molecule is COc1cccc(OC)c1C(=O)NCCc1nc(-c2ccccc2F)oc1C. The number of methoxy groups -OCH3 is 2. The molecule has 0 aliphatic rings. The monoisotopic (exact) mass is 384 g/mol. The van der Waals surface area contributed by atoms with E-state index in [0.717, 1.165) is 0 Å². The van der Waals surface area contributed by atoms with Crippen molar-refractivity contribution in [3.05, 3.63) is 65.3 Å². The molecular formula is C21H21FN2O4. The van der Waals surface area contributed by atoms with Gasteiger partial charge in [-0.25, -0.2) is 9.37 Å². The number of amides is 1. The van der Waals surface area contributed by atoms with Crippen LogP contribution in [0, 0.1) is 12.7 Å². The Labute approximate surface area is 162 Å². The zero-order valence-electron chi connectivity index (χ0n) is 15.9. The summed E-state index contributed by atoms with van der Waals surface area (Å²) in [5.41, 5.74) is 1.29. The second-order valence-corrected chi connectivity index (χ2v) is 6.05. The fourth-order valence-electron chi connectivity index (χ4n) is 2.87. The zero-order valence-corrected chi connectivity index (χ0v) is 15.9.